The highest BCUT2D eigenvalue weighted by atomic mass is 28.4. The van der Waals surface area contributed by atoms with Crippen LogP contribution in [-0.2, 0) is 39.4 Å². The Balaban J connectivity index is 0.969. The number of benzene rings is 7. The predicted octanol–water partition coefficient (Wildman–Crippen LogP) is 11.5. The molecule has 0 radical (unpaired) electrons. The van der Waals surface area contributed by atoms with Crippen LogP contribution < -0.4 is 24.2 Å². The molecule has 5 aliphatic rings. The fourth-order valence-corrected chi connectivity index (χ4v) is 14.5. The van der Waals surface area contributed by atoms with Crippen LogP contribution in [0.3, 0.4) is 0 Å². The molecule has 0 saturated carbocycles. The van der Waals surface area contributed by atoms with Crippen LogP contribution in [0.4, 0.5) is 32.5 Å². The second-order valence-electron chi connectivity index (χ2n) is 20.0. The van der Waals surface area contributed by atoms with Crippen molar-refractivity contribution in [1.82, 2.24) is 4.90 Å². The van der Waals surface area contributed by atoms with Crippen LogP contribution in [0, 0.1) is 5.92 Å². The molecule has 5 heterocycles. The van der Waals surface area contributed by atoms with Gasteiger partial charge in [-0.3, -0.25) is 29.0 Å². The molecular formula is C59H51FN4O8Si. The highest BCUT2D eigenvalue weighted by molar-refractivity contribution is 6.72. The van der Waals surface area contributed by atoms with E-state index in [2.05, 4.69) is 0 Å². The molecule has 14 heteroatoms. The van der Waals surface area contributed by atoms with E-state index in [1.807, 2.05) is 97.9 Å². The molecule has 5 atom stereocenters. The summed E-state index contributed by atoms with van der Waals surface area (Å²) in [5.74, 6) is -0.398. The first-order valence-corrected chi connectivity index (χ1v) is 27.6. The third-order valence-electron chi connectivity index (χ3n) is 15.3. The van der Waals surface area contributed by atoms with E-state index in [-0.39, 0.29) is 43.8 Å². The normalized spacial score (nSPS) is 21.8. The minimum atomic E-state index is -3.78. The maximum atomic E-state index is 17.3. The second kappa shape index (κ2) is 17.7. The third-order valence-corrected chi connectivity index (χ3v) is 17.7. The summed E-state index contributed by atoms with van der Waals surface area (Å²) in [4.78, 5) is 66.5. The Morgan fingerprint density at radius 3 is 1.85 bits per heavy atom. The van der Waals surface area contributed by atoms with Gasteiger partial charge in [-0.05, 0) is 115 Å². The van der Waals surface area contributed by atoms with Crippen molar-refractivity contribution < 1.29 is 42.6 Å². The molecule has 1 N–H and O–H groups in total. The van der Waals surface area contributed by atoms with Crippen molar-refractivity contribution in [1.29, 1.82) is 0 Å². The average Bonchev–Trinajstić information content (AvgIpc) is 3.70. The number of aliphatic hydroxyl groups is 1. The number of fused-ring (bicyclic) bond motifs is 7. The molecule has 1 spiro atoms. The lowest BCUT2D eigenvalue weighted by atomic mass is 9.82. The standard InChI is InChI=1S/C59H51FN4O8Si/c1-36-55(73(2,3)60)53(32-54(66)61-34-39-17-5-4-16-38(39)30-42(61)35-65)72-59(36)45-31-41(64-48-22-9-13-26-52(48)71-50-24-11-7-20-44(50)57(64)68)27-28-46(45)62(58(59)69)33-37-15-14-18-40(29-37)63-47-21-8-12-25-51(47)70-49-23-10-6-19-43(49)56(63)67/h4-29,31,36,42,53,55,65H,30,32-35H2,1-3H3/t36-,42+,53+,55-,59+/m1/s1. The smallest absolute Gasteiger partial charge is 0.266 e. The maximum absolute atomic E-state index is 17.3. The zero-order valence-corrected chi connectivity index (χ0v) is 41.4. The summed E-state index contributed by atoms with van der Waals surface area (Å²) in [6, 6.07) is 48.9. The number of hydrogen-bond donors (Lipinski definition) is 1. The highest BCUT2D eigenvalue weighted by Gasteiger charge is 2.67. The first-order chi connectivity index (χ1) is 35.3. The van der Waals surface area contributed by atoms with Crippen molar-refractivity contribution >= 4 is 60.5 Å². The molecule has 4 amide bonds. The number of halogens is 1. The van der Waals surface area contributed by atoms with Crippen molar-refractivity contribution in [3.8, 4) is 23.0 Å². The Bertz CT molecular complexity index is 3420. The van der Waals surface area contributed by atoms with Gasteiger partial charge >= 0.3 is 0 Å². The third kappa shape index (κ3) is 7.53. The summed E-state index contributed by atoms with van der Waals surface area (Å²) >= 11 is 0. The molecule has 12 rings (SSSR count). The minimum Gasteiger partial charge on any atom is -0.454 e. The van der Waals surface area contributed by atoms with Crippen molar-refractivity contribution in [2.45, 2.75) is 69.2 Å². The Hall–Kier alpha value is -7.91. The van der Waals surface area contributed by atoms with E-state index in [0.29, 0.717) is 80.1 Å². The number of amides is 4. The quantitative estimate of drug-likeness (QED) is 0.118. The Morgan fingerprint density at radius 2 is 1.23 bits per heavy atom. The number of rotatable bonds is 8. The highest BCUT2D eigenvalue weighted by Crippen LogP contribution is 2.61. The summed E-state index contributed by atoms with van der Waals surface area (Å²) < 4.78 is 37.2. The second-order valence-corrected chi connectivity index (χ2v) is 23.8. The number of anilines is 5. The van der Waals surface area contributed by atoms with Crippen LogP contribution in [0.25, 0.3) is 0 Å². The van der Waals surface area contributed by atoms with Crippen LogP contribution >= 0.6 is 0 Å². The monoisotopic (exact) mass is 990 g/mol. The van der Waals surface area contributed by atoms with E-state index < -0.39 is 43.5 Å². The fourth-order valence-electron chi connectivity index (χ4n) is 12.0. The van der Waals surface area contributed by atoms with Gasteiger partial charge in [-0.2, -0.15) is 0 Å². The van der Waals surface area contributed by atoms with Gasteiger partial charge < -0.3 is 33.2 Å². The van der Waals surface area contributed by atoms with Gasteiger partial charge in [-0.1, -0.05) is 91.9 Å². The first kappa shape index (κ1) is 46.2. The Kier molecular flexibility index (Phi) is 11.2. The van der Waals surface area contributed by atoms with Gasteiger partial charge in [0, 0.05) is 34.9 Å². The molecule has 0 aromatic heterocycles. The van der Waals surface area contributed by atoms with Crippen LogP contribution in [0.1, 0.15) is 56.3 Å². The summed E-state index contributed by atoms with van der Waals surface area (Å²) in [5.41, 5.74) is 3.73. The van der Waals surface area contributed by atoms with Gasteiger partial charge in [0.1, 0.15) is 11.5 Å². The zero-order valence-electron chi connectivity index (χ0n) is 40.4. The maximum Gasteiger partial charge on any atom is 0.266 e. The van der Waals surface area contributed by atoms with Gasteiger partial charge in [-0.25, -0.2) is 0 Å². The molecule has 73 heavy (non-hydrogen) atoms. The summed E-state index contributed by atoms with van der Waals surface area (Å²) in [5, 5.41) is 10.6. The molecule has 12 nitrogen and oxygen atoms in total. The Morgan fingerprint density at radius 1 is 0.671 bits per heavy atom. The summed E-state index contributed by atoms with van der Waals surface area (Å²) in [6.45, 7) is 5.08. The number of hydrogen-bond acceptors (Lipinski definition) is 8. The van der Waals surface area contributed by atoms with Crippen molar-refractivity contribution in [3.63, 3.8) is 0 Å². The molecular weight excluding hydrogens is 940 g/mol. The van der Waals surface area contributed by atoms with Crippen LogP contribution in [0.5, 0.6) is 23.0 Å². The average molecular weight is 991 g/mol. The van der Waals surface area contributed by atoms with E-state index in [1.165, 1.54) is 0 Å². The van der Waals surface area contributed by atoms with Crippen molar-refractivity contribution in [2.75, 3.05) is 21.3 Å². The molecule has 366 valence electrons. The van der Waals surface area contributed by atoms with Gasteiger partial charge in [0.15, 0.2) is 17.1 Å². The lowest BCUT2D eigenvalue weighted by molar-refractivity contribution is -0.151. The van der Waals surface area contributed by atoms with E-state index in [1.54, 1.807) is 105 Å². The van der Waals surface area contributed by atoms with E-state index in [0.717, 1.165) is 11.1 Å². The number of carbonyl (C=O) groups excluding carboxylic acids is 4. The molecule has 0 unspecified atom stereocenters. The van der Waals surface area contributed by atoms with Crippen molar-refractivity contribution in [3.05, 3.63) is 197 Å². The molecule has 1 fully saturated rings. The topological polar surface area (TPSA) is 129 Å². The molecule has 7 aromatic carbocycles. The Labute approximate surface area is 422 Å². The van der Waals surface area contributed by atoms with Gasteiger partial charge in [0.2, 0.25) is 14.3 Å². The first-order valence-electron chi connectivity index (χ1n) is 24.6. The number of nitrogens with zero attached hydrogens (tertiary/aromatic N) is 4. The summed E-state index contributed by atoms with van der Waals surface area (Å²) in [6.07, 6.45) is -0.769. The minimum absolute atomic E-state index is 0.0242. The van der Waals surface area contributed by atoms with E-state index in [9.17, 15) is 19.5 Å². The van der Waals surface area contributed by atoms with Gasteiger partial charge in [0.05, 0.1) is 59.9 Å². The molecule has 0 bridgehead atoms. The van der Waals surface area contributed by atoms with Crippen LogP contribution in [-0.4, -0.2) is 60.8 Å². The number of carbonyl (C=O) groups is 4. The number of aliphatic hydroxyl groups excluding tert-OH is 1. The largest absolute Gasteiger partial charge is 0.454 e. The fraction of sp³-hybridized carbons (Fsp3) is 0.220. The van der Waals surface area contributed by atoms with E-state index >= 15 is 8.90 Å². The van der Waals surface area contributed by atoms with E-state index in [4.69, 9.17) is 14.2 Å². The molecule has 0 aliphatic carbocycles. The SMILES string of the molecule is C[C@@H]1[C@@H]([Si](C)(C)F)[C@H](CC(=O)N2Cc3ccccc3C[C@H]2CO)O[C@@]12C(=O)N(Cc1cccc(N3C(=O)c4ccccc4Oc4ccccc43)c1)c1ccc(N3C(=O)c4ccccc4Oc4ccccc43)cc12. The molecule has 7 aromatic rings. The molecule has 1 saturated heterocycles. The zero-order chi connectivity index (χ0) is 50.3. The van der Waals surface area contributed by atoms with Crippen LogP contribution in [0.2, 0.25) is 18.6 Å². The van der Waals surface area contributed by atoms with Gasteiger partial charge in [-0.15, -0.1) is 0 Å². The number of para-hydroxylation sites is 6. The number of ether oxygens (including phenoxy) is 3. The predicted molar refractivity (Wildman–Crippen MR) is 277 cm³/mol. The van der Waals surface area contributed by atoms with Gasteiger partial charge in [0.25, 0.3) is 17.7 Å². The van der Waals surface area contributed by atoms with Crippen molar-refractivity contribution in [2.24, 2.45) is 5.92 Å². The lowest BCUT2D eigenvalue weighted by Crippen LogP contribution is -2.48. The molecule has 5 aliphatic heterocycles. The summed E-state index contributed by atoms with van der Waals surface area (Å²) in [7, 11) is -3.78. The lowest BCUT2D eigenvalue weighted by Gasteiger charge is -2.37. The van der Waals surface area contributed by atoms with Crippen LogP contribution in [0.15, 0.2) is 164 Å².